The molecular formula is C16H21N3O. The van der Waals surface area contributed by atoms with Gasteiger partial charge in [-0.15, -0.1) is 0 Å². The van der Waals surface area contributed by atoms with Crippen LogP contribution in [-0.2, 0) is 6.42 Å². The van der Waals surface area contributed by atoms with Crippen LogP contribution in [0.1, 0.15) is 35.8 Å². The Morgan fingerprint density at radius 3 is 3.25 bits per heavy atom. The second-order valence-corrected chi connectivity index (χ2v) is 5.28. The van der Waals surface area contributed by atoms with Crippen LogP contribution in [0.4, 0.5) is 0 Å². The van der Waals surface area contributed by atoms with Crippen molar-refractivity contribution in [2.75, 3.05) is 13.2 Å². The van der Waals surface area contributed by atoms with E-state index in [4.69, 9.17) is 4.74 Å². The van der Waals surface area contributed by atoms with E-state index in [1.807, 2.05) is 6.20 Å². The van der Waals surface area contributed by atoms with Gasteiger partial charge in [0.25, 0.3) is 0 Å². The topological polar surface area (TPSA) is 49.9 Å². The molecular weight excluding hydrogens is 250 g/mol. The molecule has 0 amide bonds. The highest BCUT2D eigenvalue weighted by atomic mass is 16.5. The molecule has 0 spiro atoms. The Bertz CT molecular complexity index is 551. The van der Waals surface area contributed by atoms with Crippen LogP contribution in [0.5, 0.6) is 5.75 Å². The molecule has 1 aromatic heterocycles. The Hall–Kier alpha value is -1.81. The van der Waals surface area contributed by atoms with Crippen LogP contribution in [0.15, 0.2) is 30.6 Å². The number of nitrogens with zero attached hydrogens (tertiary/aromatic N) is 1. The summed E-state index contributed by atoms with van der Waals surface area (Å²) in [6.45, 7) is 3.85. The van der Waals surface area contributed by atoms with Gasteiger partial charge >= 0.3 is 0 Å². The van der Waals surface area contributed by atoms with Crippen molar-refractivity contribution in [3.8, 4) is 5.75 Å². The van der Waals surface area contributed by atoms with Crippen LogP contribution in [0.3, 0.4) is 0 Å². The lowest BCUT2D eigenvalue weighted by molar-refractivity contribution is 0.313. The summed E-state index contributed by atoms with van der Waals surface area (Å²) < 4.78 is 5.90. The number of ether oxygens (including phenoxy) is 1. The van der Waals surface area contributed by atoms with Crippen molar-refractivity contribution in [3.05, 3.63) is 47.5 Å². The second kappa shape index (κ2) is 6.09. The average Bonchev–Trinajstić information content (AvgIpc) is 2.87. The highest BCUT2D eigenvalue weighted by Crippen LogP contribution is 2.33. The normalized spacial score (nSPS) is 18.1. The highest BCUT2D eigenvalue weighted by molar-refractivity contribution is 5.43. The number of aromatic nitrogens is 2. The molecule has 1 unspecified atom stereocenters. The minimum absolute atomic E-state index is 0.377. The molecule has 0 saturated carbocycles. The van der Waals surface area contributed by atoms with Crippen molar-refractivity contribution >= 4 is 0 Å². The number of para-hydroxylation sites is 1. The summed E-state index contributed by atoms with van der Waals surface area (Å²) in [5.74, 6) is 2.10. The van der Waals surface area contributed by atoms with E-state index < -0.39 is 0 Å². The van der Waals surface area contributed by atoms with Crippen LogP contribution in [0, 0.1) is 6.92 Å². The van der Waals surface area contributed by atoms with Gasteiger partial charge in [-0.3, -0.25) is 0 Å². The Kier molecular flexibility index (Phi) is 4.02. The Labute approximate surface area is 119 Å². The van der Waals surface area contributed by atoms with Crippen molar-refractivity contribution in [3.63, 3.8) is 0 Å². The van der Waals surface area contributed by atoms with Crippen LogP contribution in [0.2, 0.25) is 0 Å². The van der Waals surface area contributed by atoms with Crippen molar-refractivity contribution in [2.24, 2.45) is 0 Å². The Morgan fingerprint density at radius 2 is 2.40 bits per heavy atom. The molecule has 0 fully saturated rings. The Balaban J connectivity index is 1.68. The number of fused-ring (bicyclic) bond motifs is 1. The first-order chi connectivity index (χ1) is 9.84. The van der Waals surface area contributed by atoms with Crippen LogP contribution in [-0.4, -0.2) is 23.1 Å². The minimum Gasteiger partial charge on any atom is -0.493 e. The lowest BCUT2D eigenvalue weighted by Gasteiger charge is -2.19. The zero-order chi connectivity index (χ0) is 13.8. The van der Waals surface area contributed by atoms with Crippen molar-refractivity contribution in [2.45, 2.75) is 32.2 Å². The van der Waals surface area contributed by atoms with Crippen molar-refractivity contribution in [1.82, 2.24) is 15.3 Å². The number of benzene rings is 1. The molecule has 0 saturated heterocycles. The summed E-state index contributed by atoms with van der Waals surface area (Å²) in [7, 11) is 0. The average molecular weight is 271 g/mol. The summed E-state index contributed by atoms with van der Waals surface area (Å²) in [5, 5.41) is 3.64. The SMILES string of the molecule is Cc1cccc2c1OCCCC2NCCc1ncc[nH]1. The molecule has 1 aromatic carbocycles. The van der Waals surface area contributed by atoms with Gasteiger partial charge in [-0.1, -0.05) is 18.2 Å². The van der Waals surface area contributed by atoms with Gasteiger partial charge in [0.2, 0.25) is 0 Å². The molecule has 0 aliphatic carbocycles. The Morgan fingerprint density at radius 1 is 1.45 bits per heavy atom. The molecule has 1 aliphatic heterocycles. The molecule has 1 atom stereocenters. The summed E-state index contributed by atoms with van der Waals surface area (Å²) in [6, 6.07) is 6.79. The van der Waals surface area contributed by atoms with Crippen LogP contribution >= 0.6 is 0 Å². The predicted molar refractivity (Wildman–Crippen MR) is 78.9 cm³/mol. The highest BCUT2D eigenvalue weighted by Gasteiger charge is 2.20. The fraction of sp³-hybridized carbons (Fsp3) is 0.438. The minimum atomic E-state index is 0.377. The third-order valence-electron chi connectivity index (χ3n) is 3.81. The van der Waals surface area contributed by atoms with Gasteiger partial charge in [0, 0.05) is 37.0 Å². The summed E-state index contributed by atoms with van der Waals surface area (Å²) in [4.78, 5) is 7.40. The smallest absolute Gasteiger partial charge is 0.126 e. The molecule has 0 radical (unpaired) electrons. The molecule has 0 bridgehead atoms. The molecule has 4 heteroatoms. The van der Waals surface area contributed by atoms with E-state index in [0.29, 0.717) is 6.04 Å². The first-order valence-electron chi connectivity index (χ1n) is 7.28. The van der Waals surface area contributed by atoms with E-state index >= 15 is 0 Å². The molecule has 1 aliphatic rings. The van der Waals surface area contributed by atoms with Gasteiger partial charge in [0.05, 0.1) is 6.61 Å². The predicted octanol–water partition coefficient (Wildman–Crippen LogP) is 2.76. The zero-order valence-electron chi connectivity index (χ0n) is 11.9. The molecule has 4 nitrogen and oxygen atoms in total. The maximum atomic E-state index is 5.90. The fourth-order valence-electron chi connectivity index (χ4n) is 2.78. The van der Waals surface area contributed by atoms with E-state index in [0.717, 1.165) is 44.0 Å². The molecule has 20 heavy (non-hydrogen) atoms. The second-order valence-electron chi connectivity index (χ2n) is 5.28. The quantitative estimate of drug-likeness (QED) is 0.899. The van der Waals surface area contributed by atoms with E-state index in [2.05, 4.69) is 40.4 Å². The summed E-state index contributed by atoms with van der Waals surface area (Å²) in [6.07, 6.45) is 6.80. The molecule has 2 aromatic rings. The third kappa shape index (κ3) is 2.85. The van der Waals surface area contributed by atoms with Gasteiger partial charge in [-0.05, 0) is 25.3 Å². The first kappa shape index (κ1) is 13.2. The van der Waals surface area contributed by atoms with Crippen LogP contribution in [0.25, 0.3) is 0 Å². The number of hydrogen-bond donors (Lipinski definition) is 2. The number of hydrogen-bond acceptors (Lipinski definition) is 3. The molecule has 2 N–H and O–H groups in total. The first-order valence-corrected chi connectivity index (χ1v) is 7.28. The molecule has 3 rings (SSSR count). The number of H-pyrrole nitrogens is 1. The van der Waals surface area contributed by atoms with Gasteiger partial charge in [-0.2, -0.15) is 0 Å². The number of rotatable bonds is 4. The van der Waals surface area contributed by atoms with E-state index in [-0.39, 0.29) is 0 Å². The summed E-state index contributed by atoms with van der Waals surface area (Å²) in [5.41, 5.74) is 2.52. The standard InChI is InChI=1S/C16H21N3O/c1-12-4-2-5-13-14(6-3-11-20-16(12)13)17-8-7-15-18-9-10-19-15/h2,4-5,9-10,14,17H,3,6-8,11H2,1H3,(H,18,19). The van der Waals surface area contributed by atoms with E-state index in [1.165, 1.54) is 11.1 Å². The number of aryl methyl sites for hydroxylation is 1. The zero-order valence-corrected chi connectivity index (χ0v) is 11.9. The van der Waals surface area contributed by atoms with Gasteiger partial charge in [-0.25, -0.2) is 4.98 Å². The number of nitrogens with one attached hydrogen (secondary N) is 2. The monoisotopic (exact) mass is 271 g/mol. The van der Waals surface area contributed by atoms with E-state index in [1.54, 1.807) is 6.20 Å². The van der Waals surface area contributed by atoms with Crippen LogP contribution < -0.4 is 10.1 Å². The van der Waals surface area contributed by atoms with Crippen molar-refractivity contribution < 1.29 is 4.74 Å². The van der Waals surface area contributed by atoms with Gasteiger partial charge < -0.3 is 15.0 Å². The van der Waals surface area contributed by atoms with E-state index in [9.17, 15) is 0 Å². The summed E-state index contributed by atoms with van der Waals surface area (Å²) >= 11 is 0. The fourth-order valence-corrected chi connectivity index (χ4v) is 2.78. The van der Waals surface area contributed by atoms with Gasteiger partial charge in [0.15, 0.2) is 0 Å². The lowest BCUT2D eigenvalue weighted by atomic mass is 10.00. The maximum absolute atomic E-state index is 5.90. The number of imidazole rings is 1. The lowest BCUT2D eigenvalue weighted by Crippen LogP contribution is -2.23. The molecule has 106 valence electrons. The van der Waals surface area contributed by atoms with Crippen molar-refractivity contribution in [1.29, 1.82) is 0 Å². The third-order valence-corrected chi connectivity index (χ3v) is 3.81. The largest absolute Gasteiger partial charge is 0.493 e. The number of aromatic amines is 1. The van der Waals surface area contributed by atoms with Gasteiger partial charge in [0.1, 0.15) is 11.6 Å². The maximum Gasteiger partial charge on any atom is 0.126 e. The molecule has 2 heterocycles.